The number of nitrogens with one attached hydrogen (secondary N) is 2. The maximum atomic E-state index is 12.5. The van der Waals surface area contributed by atoms with Crippen molar-refractivity contribution in [3.05, 3.63) is 0 Å². The van der Waals surface area contributed by atoms with Gasteiger partial charge >= 0.3 is 6.18 Å². The average Bonchev–Trinajstić information content (AvgIpc) is 2.89. The Kier molecular flexibility index (Phi) is 7.27. The molecule has 0 aromatic rings. The minimum atomic E-state index is -4.08. The molecule has 1 saturated heterocycles. The molecule has 1 saturated carbocycles. The molecule has 0 bridgehead atoms. The Morgan fingerprint density at radius 1 is 1.14 bits per heavy atom. The highest BCUT2D eigenvalue weighted by Crippen LogP contribution is 2.37. The molecule has 0 aromatic carbocycles. The van der Waals surface area contributed by atoms with Gasteiger partial charge in [-0.3, -0.25) is 4.79 Å². The van der Waals surface area contributed by atoms with Crippen LogP contribution < -0.4 is 10.6 Å². The number of carbonyl (C=O) groups excluding carboxylic acids is 1. The summed E-state index contributed by atoms with van der Waals surface area (Å²) in [4.78, 5) is 11.8. The molecule has 1 aliphatic carbocycles. The number of alkyl halides is 3. The first-order valence-corrected chi connectivity index (χ1v) is 7.54. The van der Waals surface area contributed by atoms with Crippen LogP contribution in [-0.4, -0.2) is 30.7 Å². The number of hydrogen-bond acceptors (Lipinski definition) is 2. The van der Waals surface area contributed by atoms with Gasteiger partial charge in [0.2, 0.25) is 5.91 Å². The minimum Gasteiger partial charge on any atom is -0.353 e. The van der Waals surface area contributed by atoms with Crippen LogP contribution in [0.25, 0.3) is 0 Å². The monoisotopic (exact) mass is 328 g/mol. The number of rotatable bonds is 4. The molecule has 1 unspecified atom stereocenters. The van der Waals surface area contributed by atoms with Crippen molar-refractivity contribution in [3.63, 3.8) is 0 Å². The van der Waals surface area contributed by atoms with E-state index < -0.39 is 12.1 Å². The standard InChI is InChI=1S/C14H23F3N2O.ClH/c15-14(16,17)10-3-5-12(6-4-10)19-13(20)8-7-11-2-1-9-18-11;/h10-12,18H,1-9H2,(H,19,20);1H. The predicted octanol–water partition coefficient (Wildman–Crippen LogP) is 3.18. The molecule has 1 amide bonds. The quantitative estimate of drug-likeness (QED) is 0.832. The van der Waals surface area contributed by atoms with Gasteiger partial charge in [-0.05, 0) is 51.5 Å². The molecule has 1 atom stereocenters. The molecule has 0 radical (unpaired) electrons. The van der Waals surface area contributed by atoms with Crippen molar-refractivity contribution in [3.8, 4) is 0 Å². The van der Waals surface area contributed by atoms with E-state index in [2.05, 4.69) is 10.6 Å². The Bertz CT molecular complexity index is 325. The van der Waals surface area contributed by atoms with Crippen LogP contribution in [0.15, 0.2) is 0 Å². The lowest BCUT2D eigenvalue weighted by molar-refractivity contribution is -0.182. The van der Waals surface area contributed by atoms with Gasteiger partial charge in [0, 0.05) is 18.5 Å². The maximum Gasteiger partial charge on any atom is 0.391 e. The van der Waals surface area contributed by atoms with Gasteiger partial charge < -0.3 is 10.6 Å². The highest BCUT2D eigenvalue weighted by molar-refractivity contribution is 5.85. The zero-order valence-electron chi connectivity index (χ0n) is 12.0. The Morgan fingerprint density at radius 3 is 2.33 bits per heavy atom. The van der Waals surface area contributed by atoms with E-state index in [0.29, 0.717) is 25.3 Å². The zero-order valence-corrected chi connectivity index (χ0v) is 12.9. The number of carbonyl (C=O) groups is 1. The second-order valence-electron chi connectivity index (χ2n) is 5.99. The van der Waals surface area contributed by atoms with E-state index >= 15 is 0 Å². The van der Waals surface area contributed by atoms with Crippen molar-refractivity contribution in [1.82, 2.24) is 10.6 Å². The molecular formula is C14H24ClF3N2O. The molecule has 124 valence electrons. The molecule has 1 aliphatic heterocycles. The van der Waals surface area contributed by atoms with Gasteiger partial charge in [0.15, 0.2) is 0 Å². The summed E-state index contributed by atoms with van der Waals surface area (Å²) in [6.45, 7) is 1.02. The molecule has 3 nitrogen and oxygen atoms in total. The largest absolute Gasteiger partial charge is 0.391 e. The van der Waals surface area contributed by atoms with E-state index in [-0.39, 0.29) is 37.2 Å². The first-order chi connectivity index (χ1) is 9.45. The lowest BCUT2D eigenvalue weighted by atomic mass is 9.85. The maximum absolute atomic E-state index is 12.5. The highest BCUT2D eigenvalue weighted by atomic mass is 35.5. The third-order valence-corrected chi connectivity index (χ3v) is 4.44. The van der Waals surface area contributed by atoms with Crippen LogP contribution in [-0.2, 0) is 4.79 Å². The van der Waals surface area contributed by atoms with Gasteiger partial charge in [-0.15, -0.1) is 12.4 Å². The molecular weight excluding hydrogens is 305 g/mol. The molecule has 0 aromatic heterocycles. The van der Waals surface area contributed by atoms with E-state index in [9.17, 15) is 18.0 Å². The van der Waals surface area contributed by atoms with E-state index in [4.69, 9.17) is 0 Å². The summed E-state index contributed by atoms with van der Waals surface area (Å²) < 4.78 is 37.6. The summed E-state index contributed by atoms with van der Waals surface area (Å²) in [7, 11) is 0. The molecule has 2 aliphatic rings. The Balaban J connectivity index is 0.00000220. The lowest BCUT2D eigenvalue weighted by Crippen LogP contribution is -2.40. The molecule has 0 spiro atoms. The number of hydrogen-bond donors (Lipinski definition) is 2. The first-order valence-electron chi connectivity index (χ1n) is 7.54. The van der Waals surface area contributed by atoms with Crippen molar-refractivity contribution in [2.24, 2.45) is 5.92 Å². The van der Waals surface area contributed by atoms with Gasteiger partial charge in [0.05, 0.1) is 5.92 Å². The van der Waals surface area contributed by atoms with Gasteiger partial charge in [-0.25, -0.2) is 0 Å². The topological polar surface area (TPSA) is 41.1 Å². The highest BCUT2D eigenvalue weighted by Gasteiger charge is 2.41. The fourth-order valence-electron chi connectivity index (χ4n) is 3.17. The Labute approximate surface area is 129 Å². The molecule has 2 fully saturated rings. The Morgan fingerprint density at radius 2 is 1.81 bits per heavy atom. The number of amides is 1. The fraction of sp³-hybridized carbons (Fsp3) is 0.929. The molecule has 2 N–H and O–H groups in total. The number of halogens is 4. The molecule has 2 rings (SSSR count). The third kappa shape index (κ3) is 6.02. The summed E-state index contributed by atoms with van der Waals surface area (Å²) >= 11 is 0. The van der Waals surface area contributed by atoms with Crippen molar-refractivity contribution >= 4 is 18.3 Å². The van der Waals surface area contributed by atoms with Gasteiger partial charge in [0.25, 0.3) is 0 Å². The summed E-state index contributed by atoms with van der Waals surface area (Å²) in [6.07, 6.45) is 0.647. The molecule has 7 heteroatoms. The van der Waals surface area contributed by atoms with E-state index in [1.165, 1.54) is 0 Å². The average molecular weight is 329 g/mol. The zero-order chi connectivity index (χ0) is 14.6. The van der Waals surface area contributed by atoms with Crippen LogP contribution in [0.3, 0.4) is 0 Å². The predicted molar refractivity (Wildman–Crippen MR) is 77.5 cm³/mol. The lowest BCUT2D eigenvalue weighted by Gasteiger charge is -2.30. The SMILES string of the molecule is Cl.O=C(CCC1CCCN1)NC1CCC(C(F)(F)F)CC1. The summed E-state index contributed by atoms with van der Waals surface area (Å²) in [5, 5.41) is 6.21. The van der Waals surface area contributed by atoms with Crippen LogP contribution in [0.2, 0.25) is 0 Å². The van der Waals surface area contributed by atoms with Crippen molar-refractivity contribution in [2.75, 3.05) is 6.54 Å². The van der Waals surface area contributed by atoms with E-state index in [1.807, 2.05) is 0 Å². The smallest absolute Gasteiger partial charge is 0.353 e. The van der Waals surface area contributed by atoms with Crippen molar-refractivity contribution < 1.29 is 18.0 Å². The first kappa shape index (κ1) is 18.6. The second-order valence-corrected chi connectivity index (χ2v) is 5.99. The van der Waals surface area contributed by atoms with Crippen LogP contribution in [0.1, 0.15) is 51.4 Å². The molecule has 1 heterocycles. The third-order valence-electron chi connectivity index (χ3n) is 4.44. The second kappa shape index (κ2) is 8.22. The normalized spacial score (nSPS) is 29.8. The van der Waals surface area contributed by atoms with Gasteiger partial charge in [-0.1, -0.05) is 0 Å². The minimum absolute atomic E-state index is 0. The van der Waals surface area contributed by atoms with Crippen LogP contribution in [0, 0.1) is 5.92 Å². The van der Waals surface area contributed by atoms with E-state index in [1.54, 1.807) is 0 Å². The summed E-state index contributed by atoms with van der Waals surface area (Å²) in [6, 6.07) is 0.361. The molecule has 21 heavy (non-hydrogen) atoms. The van der Waals surface area contributed by atoms with E-state index in [0.717, 1.165) is 25.8 Å². The van der Waals surface area contributed by atoms with Crippen LogP contribution in [0.5, 0.6) is 0 Å². The van der Waals surface area contributed by atoms with Crippen LogP contribution >= 0.6 is 12.4 Å². The Hall–Kier alpha value is -0.490. The summed E-state index contributed by atoms with van der Waals surface area (Å²) in [5.74, 6) is -1.20. The van der Waals surface area contributed by atoms with Crippen LogP contribution in [0.4, 0.5) is 13.2 Å². The van der Waals surface area contributed by atoms with Gasteiger partial charge in [-0.2, -0.15) is 13.2 Å². The van der Waals surface area contributed by atoms with Gasteiger partial charge in [0.1, 0.15) is 0 Å². The van der Waals surface area contributed by atoms with Crippen molar-refractivity contribution in [1.29, 1.82) is 0 Å². The van der Waals surface area contributed by atoms with Crippen molar-refractivity contribution in [2.45, 2.75) is 69.6 Å². The fourth-order valence-corrected chi connectivity index (χ4v) is 3.17. The summed E-state index contributed by atoms with van der Waals surface area (Å²) in [5.41, 5.74) is 0.